The fourth-order valence-corrected chi connectivity index (χ4v) is 2.02. The normalized spacial score (nSPS) is 12.4. The van der Waals surface area contributed by atoms with Gasteiger partial charge in [0, 0.05) is 11.4 Å². The van der Waals surface area contributed by atoms with Gasteiger partial charge in [-0.3, -0.25) is 9.59 Å². The molecular formula is C13H16N4O3. The minimum Gasteiger partial charge on any atom is -0.480 e. The number of rotatable bonds is 3. The number of carboxylic acid groups (broad SMARTS) is 1. The molecule has 0 aliphatic heterocycles. The molecule has 0 fully saturated rings. The zero-order valence-corrected chi connectivity index (χ0v) is 11.8. The summed E-state index contributed by atoms with van der Waals surface area (Å²) in [4.78, 5) is 27.3. The second-order valence-electron chi connectivity index (χ2n) is 4.77. The van der Waals surface area contributed by atoms with Crippen LogP contribution in [0.4, 0.5) is 0 Å². The monoisotopic (exact) mass is 276 g/mol. The van der Waals surface area contributed by atoms with Crippen molar-refractivity contribution >= 4 is 17.5 Å². The van der Waals surface area contributed by atoms with Gasteiger partial charge in [-0.25, -0.2) is 9.50 Å². The first-order chi connectivity index (χ1) is 9.31. The molecule has 20 heavy (non-hydrogen) atoms. The third kappa shape index (κ3) is 2.34. The summed E-state index contributed by atoms with van der Waals surface area (Å²) in [6.45, 7) is 6.81. The van der Waals surface area contributed by atoms with Gasteiger partial charge < -0.3 is 10.4 Å². The van der Waals surface area contributed by atoms with Crippen LogP contribution in [0.5, 0.6) is 0 Å². The van der Waals surface area contributed by atoms with E-state index in [1.807, 2.05) is 19.9 Å². The molecule has 0 spiro atoms. The molecule has 2 heterocycles. The van der Waals surface area contributed by atoms with Gasteiger partial charge in [-0.15, -0.1) is 0 Å². The van der Waals surface area contributed by atoms with Crippen molar-refractivity contribution in [2.75, 3.05) is 0 Å². The van der Waals surface area contributed by atoms with Gasteiger partial charge in [0.1, 0.15) is 11.6 Å². The quantitative estimate of drug-likeness (QED) is 0.866. The average molecular weight is 276 g/mol. The van der Waals surface area contributed by atoms with Crippen LogP contribution in [0.2, 0.25) is 0 Å². The standard InChI is InChI=1S/C13H16N4O3/c1-6-5-7(2)17-11(14-6)10(8(3)16-17)12(18)15-9(4)13(19)20/h5,9H,1-4H3,(H,15,18)(H,19,20). The van der Waals surface area contributed by atoms with Crippen LogP contribution in [-0.2, 0) is 4.79 Å². The largest absolute Gasteiger partial charge is 0.480 e. The summed E-state index contributed by atoms with van der Waals surface area (Å²) >= 11 is 0. The molecule has 2 N–H and O–H groups in total. The number of carbonyl (C=O) groups excluding carboxylic acids is 1. The van der Waals surface area contributed by atoms with Crippen LogP contribution in [0.3, 0.4) is 0 Å². The van der Waals surface area contributed by atoms with E-state index in [9.17, 15) is 9.59 Å². The first kappa shape index (κ1) is 14.0. The number of aryl methyl sites for hydroxylation is 3. The Labute approximate surface area is 115 Å². The van der Waals surface area contributed by atoms with Crippen LogP contribution >= 0.6 is 0 Å². The Morgan fingerprint density at radius 1 is 1.35 bits per heavy atom. The van der Waals surface area contributed by atoms with Crippen molar-refractivity contribution in [2.45, 2.75) is 33.7 Å². The van der Waals surface area contributed by atoms with E-state index in [1.165, 1.54) is 6.92 Å². The van der Waals surface area contributed by atoms with Gasteiger partial charge in [0.15, 0.2) is 5.65 Å². The topological polar surface area (TPSA) is 96.6 Å². The first-order valence-corrected chi connectivity index (χ1v) is 6.18. The van der Waals surface area contributed by atoms with Crippen LogP contribution in [0, 0.1) is 20.8 Å². The Kier molecular flexibility index (Phi) is 3.44. The van der Waals surface area contributed by atoms with Crippen molar-refractivity contribution in [3.05, 3.63) is 28.7 Å². The number of amides is 1. The maximum atomic E-state index is 12.2. The van der Waals surface area contributed by atoms with E-state index in [4.69, 9.17) is 5.11 Å². The number of fused-ring (bicyclic) bond motifs is 1. The van der Waals surface area contributed by atoms with Crippen molar-refractivity contribution in [3.63, 3.8) is 0 Å². The molecule has 106 valence electrons. The van der Waals surface area contributed by atoms with Gasteiger partial charge >= 0.3 is 5.97 Å². The number of carbonyl (C=O) groups is 2. The molecular weight excluding hydrogens is 260 g/mol. The second-order valence-corrected chi connectivity index (χ2v) is 4.77. The van der Waals surface area contributed by atoms with Gasteiger partial charge in [-0.1, -0.05) is 0 Å². The van der Waals surface area contributed by atoms with E-state index in [1.54, 1.807) is 11.4 Å². The smallest absolute Gasteiger partial charge is 0.325 e. The van der Waals surface area contributed by atoms with E-state index in [2.05, 4.69) is 15.4 Å². The predicted octanol–water partition coefficient (Wildman–Crippen LogP) is 0.857. The predicted molar refractivity (Wildman–Crippen MR) is 71.8 cm³/mol. The maximum Gasteiger partial charge on any atom is 0.325 e. The SMILES string of the molecule is Cc1cc(C)n2nc(C)c(C(=O)NC(C)C(=O)O)c2n1. The number of nitrogens with zero attached hydrogens (tertiary/aromatic N) is 3. The lowest BCUT2D eigenvalue weighted by molar-refractivity contribution is -0.138. The Morgan fingerprint density at radius 2 is 2.00 bits per heavy atom. The molecule has 0 aromatic carbocycles. The van der Waals surface area contributed by atoms with Crippen molar-refractivity contribution in [2.24, 2.45) is 0 Å². The summed E-state index contributed by atoms with van der Waals surface area (Å²) in [6.07, 6.45) is 0. The maximum absolute atomic E-state index is 12.2. The van der Waals surface area contributed by atoms with Crippen LogP contribution in [0.1, 0.15) is 34.4 Å². The molecule has 7 heteroatoms. The molecule has 1 amide bonds. The minimum atomic E-state index is -1.09. The number of nitrogens with one attached hydrogen (secondary N) is 1. The van der Waals surface area contributed by atoms with E-state index in [0.717, 1.165) is 11.4 Å². The molecule has 0 saturated carbocycles. The lowest BCUT2D eigenvalue weighted by atomic mass is 10.2. The van der Waals surface area contributed by atoms with Gasteiger partial charge in [-0.2, -0.15) is 5.10 Å². The molecule has 0 saturated heterocycles. The highest BCUT2D eigenvalue weighted by Crippen LogP contribution is 2.16. The summed E-state index contributed by atoms with van der Waals surface area (Å²) < 4.78 is 1.59. The second kappa shape index (κ2) is 4.92. The number of aliphatic carboxylic acids is 1. The highest BCUT2D eigenvalue weighted by Gasteiger charge is 2.22. The first-order valence-electron chi connectivity index (χ1n) is 6.18. The Balaban J connectivity index is 2.51. The van der Waals surface area contributed by atoms with Crippen LogP contribution in [0.25, 0.3) is 5.65 Å². The minimum absolute atomic E-state index is 0.310. The van der Waals surface area contributed by atoms with Crippen molar-refractivity contribution in [1.82, 2.24) is 19.9 Å². The molecule has 0 aliphatic carbocycles. The van der Waals surface area contributed by atoms with Gasteiger partial charge in [0.25, 0.3) is 5.91 Å². The number of hydrogen-bond donors (Lipinski definition) is 2. The van der Waals surface area contributed by atoms with E-state index in [0.29, 0.717) is 16.9 Å². The molecule has 7 nitrogen and oxygen atoms in total. The van der Waals surface area contributed by atoms with Crippen LogP contribution in [-0.4, -0.2) is 37.6 Å². The molecule has 0 aliphatic rings. The Hall–Kier alpha value is -2.44. The van der Waals surface area contributed by atoms with Gasteiger partial charge in [-0.05, 0) is 33.8 Å². The van der Waals surface area contributed by atoms with Crippen LogP contribution < -0.4 is 5.32 Å². The zero-order valence-electron chi connectivity index (χ0n) is 11.8. The van der Waals surface area contributed by atoms with E-state index in [-0.39, 0.29) is 0 Å². The van der Waals surface area contributed by atoms with Crippen molar-refractivity contribution in [1.29, 1.82) is 0 Å². The summed E-state index contributed by atoms with van der Waals surface area (Å²) in [5.74, 6) is -1.57. The van der Waals surface area contributed by atoms with E-state index >= 15 is 0 Å². The Morgan fingerprint density at radius 3 is 2.60 bits per heavy atom. The third-order valence-corrected chi connectivity index (χ3v) is 3.02. The lowest BCUT2D eigenvalue weighted by Gasteiger charge is -2.08. The lowest BCUT2D eigenvalue weighted by Crippen LogP contribution is -2.38. The van der Waals surface area contributed by atoms with E-state index < -0.39 is 17.9 Å². The molecule has 1 unspecified atom stereocenters. The molecule has 0 bridgehead atoms. The average Bonchev–Trinajstić information content (AvgIpc) is 2.65. The third-order valence-electron chi connectivity index (χ3n) is 3.02. The molecule has 2 rings (SSSR count). The summed E-state index contributed by atoms with van der Waals surface area (Å²) in [5, 5.41) is 15.5. The number of carboxylic acids is 1. The van der Waals surface area contributed by atoms with Gasteiger partial charge in [0.2, 0.25) is 0 Å². The molecule has 1 atom stereocenters. The molecule has 2 aromatic heterocycles. The highest BCUT2D eigenvalue weighted by atomic mass is 16.4. The van der Waals surface area contributed by atoms with Crippen molar-refractivity contribution in [3.8, 4) is 0 Å². The number of hydrogen-bond acceptors (Lipinski definition) is 4. The summed E-state index contributed by atoms with van der Waals surface area (Å²) in [7, 11) is 0. The molecule has 0 radical (unpaired) electrons. The number of aromatic nitrogens is 3. The Bertz CT molecular complexity index is 705. The van der Waals surface area contributed by atoms with Gasteiger partial charge in [0.05, 0.1) is 5.69 Å². The summed E-state index contributed by atoms with van der Waals surface area (Å²) in [6, 6.07) is 0.892. The molecule has 2 aromatic rings. The highest BCUT2D eigenvalue weighted by molar-refractivity contribution is 6.02. The summed E-state index contributed by atoms with van der Waals surface area (Å²) in [5.41, 5.74) is 2.90. The van der Waals surface area contributed by atoms with Crippen LogP contribution in [0.15, 0.2) is 6.07 Å². The fourth-order valence-electron chi connectivity index (χ4n) is 2.02. The zero-order chi connectivity index (χ0) is 15.0. The van der Waals surface area contributed by atoms with Crippen molar-refractivity contribution < 1.29 is 14.7 Å². The fraction of sp³-hybridized carbons (Fsp3) is 0.385.